The van der Waals surface area contributed by atoms with Crippen LogP contribution in [-0.4, -0.2) is 19.1 Å². The number of nitriles is 1. The first-order valence-electron chi connectivity index (χ1n) is 6.85. The highest BCUT2D eigenvalue weighted by Crippen LogP contribution is 2.28. The Balaban J connectivity index is 2.12. The highest BCUT2D eigenvalue weighted by Gasteiger charge is 2.18. The lowest BCUT2D eigenvalue weighted by molar-refractivity contribution is -0.122. The average molecular weight is 331 g/mol. The number of ether oxygens (including phenoxy) is 2. The Morgan fingerprint density at radius 2 is 2.00 bits per heavy atom. The van der Waals surface area contributed by atoms with Crippen molar-refractivity contribution in [1.29, 1.82) is 5.26 Å². The van der Waals surface area contributed by atoms with Gasteiger partial charge in [0, 0.05) is 5.02 Å². The molecule has 0 aromatic heterocycles. The summed E-state index contributed by atoms with van der Waals surface area (Å²) in [5, 5.41) is 12.2. The molecule has 1 atom stereocenters. The van der Waals surface area contributed by atoms with Gasteiger partial charge in [0.15, 0.2) is 6.10 Å². The highest BCUT2D eigenvalue weighted by atomic mass is 35.5. The Kier molecular flexibility index (Phi) is 5.45. The van der Waals surface area contributed by atoms with E-state index in [2.05, 4.69) is 5.32 Å². The number of hydrogen-bond donors (Lipinski definition) is 1. The van der Waals surface area contributed by atoms with Crippen molar-refractivity contribution in [2.45, 2.75) is 13.0 Å². The molecule has 0 aliphatic heterocycles. The maximum absolute atomic E-state index is 12.3. The number of nitrogens with zero attached hydrogens (tertiary/aromatic N) is 1. The lowest BCUT2D eigenvalue weighted by Gasteiger charge is -2.16. The molecule has 5 nitrogen and oxygen atoms in total. The van der Waals surface area contributed by atoms with Crippen molar-refractivity contribution >= 4 is 23.2 Å². The van der Waals surface area contributed by atoms with Crippen molar-refractivity contribution in [3.05, 3.63) is 53.1 Å². The van der Waals surface area contributed by atoms with Gasteiger partial charge in [-0.3, -0.25) is 4.79 Å². The van der Waals surface area contributed by atoms with Crippen LogP contribution < -0.4 is 14.8 Å². The second-order valence-electron chi connectivity index (χ2n) is 4.70. The molecule has 0 saturated heterocycles. The number of carbonyl (C=O) groups excluding carboxylic acids is 1. The maximum atomic E-state index is 12.3. The lowest BCUT2D eigenvalue weighted by Crippen LogP contribution is -2.30. The van der Waals surface area contributed by atoms with E-state index < -0.39 is 6.10 Å². The van der Waals surface area contributed by atoms with Gasteiger partial charge < -0.3 is 14.8 Å². The number of halogens is 1. The second kappa shape index (κ2) is 7.52. The van der Waals surface area contributed by atoms with Crippen LogP contribution in [0.25, 0.3) is 0 Å². The molecule has 118 valence electrons. The van der Waals surface area contributed by atoms with Gasteiger partial charge in [-0.1, -0.05) is 23.7 Å². The van der Waals surface area contributed by atoms with E-state index in [9.17, 15) is 4.79 Å². The van der Waals surface area contributed by atoms with Crippen molar-refractivity contribution in [1.82, 2.24) is 0 Å². The molecule has 2 aromatic rings. The minimum absolute atomic E-state index is 0.357. The fourth-order valence-corrected chi connectivity index (χ4v) is 2.09. The highest BCUT2D eigenvalue weighted by molar-refractivity contribution is 6.31. The lowest BCUT2D eigenvalue weighted by atomic mass is 10.2. The number of nitrogens with one attached hydrogen (secondary N) is 1. The molecule has 0 unspecified atom stereocenters. The van der Waals surface area contributed by atoms with Gasteiger partial charge in [-0.2, -0.15) is 5.26 Å². The zero-order valence-corrected chi connectivity index (χ0v) is 13.4. The summed E-state index contributed by atoms with van der Waals surface area (Å²) in [6.07, 6.45) is -0.798. The Bertz CT molecular complexity index is 756. The normalized spacial score (nSPS) is 11.2. The Morgan fingerprint density at radius 3 is 2.70 bits per heavy atom. The number of para-hydroxylation sites is 1. The maximum Gasteiger partial charge on any atom is 0.265 e. The molecular weight excluding hydrogens is 316 g/mol. The number of hydrogen-bond acceptors (Lipinski definition) is 4. The first-order chi connectivity index (χ1) is 11.0. The summed E-state index contributed by atoms with van der Waals surface area (Å²) >= 11 is 5.93. The van der Waals surface area contributed by atoms with Gasteiger partial charge in [0.1, 0.15) is 17.6 Å². The quantitative estimate of drug-likeness (QED) is 0.908. The zero-order chi connectivity index (χ0) is 16.8. The van der Waals surface area contributed by atoms with Crippen LogP contribution in [0, 0.1) is 11.3 Å². The van der Waals surface area contributed by atoms with Crippen LogP contribution in [0.5, 0.6) is 11.5 Å². The molecular formula is C17H15ClN2O3. The van der Waals surface area contributed by atoms with E-state index in [1.165, 1.54) is 7.11 Å². The Morgan fingerprint density at radius 1 is 1.26 bits per heavy atom. The van der Waals surface area contributed by atoms with Gasteiger partial charge in [-0.25, -0.2) is 0 Å². The molecule has 1 amide bonds. The number of benzene rings is 2. The third-order valence-corrected chi connectivity index (χ3v) is 3.33. The largest absolute Gasteiger partial charge is 0.495 e. The van der Waals surface area contributed by atoms with Crippen molar-refractivity contribution < 1.29 is 14.3 Å². The predicted molar refractivity (Wildman–Crippen MR) is 87.9 cm³/mol. The molecule has 2 aromatic carbocycles. The zero-order valence-electron chi connectivity index (χ0n) is 12.7. The molecule has 0 bridgehead atoms. The number of amides is 1. The van der Waals surface area contributed by atoms with Crippen LogP contribution in [0.2, 0.25) is 5.02 Å². The first kappa shape index (κ1) is 16.7. The third-order valence-electron chi connectivity index (χ3n) is 3.10. The summed E-state index contributed by atoms with van der Waals surface area (Å²) in [6.45, 7) is 1.60. The van der Waals surface area contributed by atoms with Crippen molar-refractivity contribution in [3.8, 4) is 17.6 Å². The van der Waals surface area contributed by atoms with Crippen molar-refractivity contribution in [2.75, 3.05) is 12.4 Å². The second-order valence-corrected chi connectivity index (χ2v) is 5.14. The summed E-state index contributed by atoms with van der Waals surface area (Å²) in [4.78, 5) is 12.3. The summed E-state index contributed by atoms with van der Waals surface area (Å²) < 4.78 is 10.7. The van der Waals surface area contributed by atoms with E-state index >= 15 is 0 Å². The third kappa shape index (κ3) is 4.15. The Hall–Kier alpha value is -2.71. The van der Waals surface area contributed by atoms with E-state index in [-0.39, 0.29) is 5.91 Å². The van der Waals surface area contributed by atoms with Gasteiger partial charge in [-0.15, -0.1) is 0 Å². The molecule has 0 aliphatic carbocycles. The predicted octanol–water partition coefficient (Wildman–Crippen LogP) is 3.63. The molecule has 2 rings (SSSR count). The Labute approximate surface area is 139 Å². The monoisotopic (exact) mass is 330 g/mol. The number of methoxy groups -OCH3 is 1. The van der Waals surface area contributed by atoms with E-state index in [4.69, 9.17) is 26.3 Å². The van der Waals surface area contributed by atoms with Crippen LogP contribution in [0.15, 0.2) is 42.5 Å². The average Bonchev–Trinajstić information content (AvgIpc) is 2.55. The van der Waals surface area contributed by atoms with Gasteiger partial charge >= 0.3 is 0 Å². The summed E-state index contributed by atoms with van der Waals surface area (Å²) in [7, 11) is 1.50. The van der Waals surface area contributed by atoms with E-state index in [1.807, 2.05) is 6.07 Å². The molecule has 23 heavy (non-hydrogen) atoms. The van der Waals surface area contributed by atoms with Crippen LogP contribution in [0.3, 0.4) is 0 Å². The number of rotatable bonds is 5. The standard InChI is InChI=1S/C17H15ClN2O3/c1-11(23-15-6-4-3-5-12(15)10-19)17(21)20-14-9-13(18)7-8-16(14)22-2/h3-9,11H,1-2H3,(H,20,21)/t11-/m1/s1. The van der Waals surface area contributed by atoms with Gasteiger partial charge in [-0.05, 0) is 37.3 Å². The van der Waals surface area contributed by atoms with Crippen molar-refractivity contribution in [2.24, 2.45) is 0 Å². The summed E-state index contributed by atoms with van der Waals surface area (Å²) in [5.41, 5.74) is 0.821. The van der Waals surface area contributed by atoms with Gasteiger partial charge in [0.25, 0.3) is 5.91 Å². The molecule has 0 saturated carbocycles. The smallest absolute Gasteiger partial charge is 0.265 e. The summed E-state index contributed by atoms with van der Waals surface area (Å²) in [6, 6.07) is 13.7. The molecule has 0 heterocycles. The minimum atomic E-state index is -0.798. The van der Waals surface area contributed by atoms with Gasteiger partial charge in [0.05, 0.1) is 18.4 Å². The van der Waals surface area contributed by atoms with Gasteiger partial charge in [0.2, 0.25) is 0 Å². The fourth-order valence-electron chi connectivity index (χ4n) is 1.92. The van der Waals surface area contributed by atoms with E-state index in [1.54, 1.807) is 49.4 Å². The topological polar surface area (TPSA) is 71.3 Å². The van der Waals surface area contributed by atoms with E-state index in [0.717, 1.165) is 0 Å². The van der Waals surface area contributed by atoms with Crippen LogP contribution in [0.1, 0.15) is 12.5 Å². The molecule has 1 N–H and O–H groups in total. The summed E-state index contributed by atoms with van der Waals surface area (Å²) in [5.74, 6) is 0.474. The molecule has 0 spiro atoms. The SMILES string of the molecule is COc1ccc(Cl)cc1NC(=O)[C@@H](C)Oc1ccccc1C#N. The van der Waals surface area contributed by atoms with Crippen LogP contribution in [-0.2, 0) is 4.79 Å². The van der Waals surface area contributed by atoms with E-state index in [0.29, 0.717) is 27.8 Å². The van der Waals surface area contributed by atoms with Crippen LogP contribution in [0.4, 0.5) is 5.69 Å². The molecule has 0 radical (unpaired) electrons. The molecule has 0 fully saturated rings. The first-order valence-corrected chi connectivity index (χ1v) is 7.23. The molecule has 0 aliphatic rings. The molecule has 6 heteroatoms. The fraction of sp³-hybridized carbons (Fsp3) is 0.176. The minimum Gasteiger partial charge on any atom is -0.495 e. The van der Waals surface area contributed by atoms with Crippen molar-refractivity contribution in [3.63, 3.8) is 0 Å². The number of anilines is 1. The number of carbonyl (C=O) groups is 1. The van der Waals surface area contributed by atoms with Crippen LogP contribution >= 0.6 is 11.6 Å².